The highest BCUT2D eigenvalue weighted by atomic mass is 16.5. The average molecular weight is 331 g/mol. The van der Waals surface area contributed by atoms with Crippen molar-refractivity contribution in [3.63, 3.8) is 0 Å². The summed E-state index contributed by atoms with van der Waals surface area (Å²) in [5.41, 5.74) is 4.02. The molecule has 0 unspecified atom stereocenters. The van der Waals surface area contributed by atoms with Crippen LogP contribution in [0, 0.1) is 6.92 Å². The first kappa shape index (κ1) is 15.3. The Bertz CT molecular complexity index is 1080. The van der Waals surface area contributed by atoms with Crippen molar-refractivity contribution in [2.45, 2.75) is 13.8 Å². The molecule has 0 bridgehead atoms. The lowest BCUT2D eigenvalue weighted by Gasteiger charge is -2.05. The lowest BCUT2D eigenvalue weighted by molar-refractivity contribution is 0.0526. The fourth-order valence-electron chi connectivity index (χ4n) is 2.94. The summed E-state index contributed by atoms with van der Waals surface area (Å²) in [5.74, 6) is -0.318. The van der Waals surface area contributed by atoms with Crippen molar-refractivity contribution in [1.29, 1.82) is 0 Å². The first-order valence-electron chi connectivity index (χ1n) is 8.20. The van der Waals surface area contributed by atoms with Crippen LogP contribution in [-0.4, -0.2) is 27.3 Å². The third kappa shape index (κ3) is 2.63. The zero-order valence-corrected chi connectivity index (χ0v) is 14.1. The highest BCUT2D eigenvalue weighted by molar-refractivity contribution is 5.98. The summed E-state index contributed by atoms with van der Waals surface area (Å²) < 4.78 is 6.92. The molecule has 0 fully saturated rings. The molecule has 0 amide bonds. The van der Waals surface area contributed by atoms with Gasteiger partial charge in [0.15, 0.2) is 5.65 Å². The van der Waals surface area contributed by atoms with Crippen molar-refractivity contribution in [3.8, 4) is 5.69 Å². The number of carbonyl (C=O) groups is 1. The van der Waals surface area contributed by atoms with Gasteiger partial charge in [0, 0.05) is 10.8 Å². The first-order chi connectivity index (χ1) is 12.2. The molecule has 2 aromatic heterocycles. The number of aromatic nitrogens is 3. The van der Waals surface area contributed by atoms with Crippen LogP contribution in [0.2, 0.25) is 0 Å². The van der Waals surface area contributed by atoms with Crippen LogP contribution in [-0.2, 0) is 4.74 Å². The maximum Gasteiger partial charge on any atom is 0.338 e. The number of para-hydroxylation sites is 1. The molecule has 124 valence electrons. The molecule has 0 spiro atoms. The minimum absolute atomic E-state index is 0.318. The van der Waals surface area contributed by atoms with Gasteiger partial charge in [-0.3, -0.25) is 0 Å². The number of hydrogen-bond acceptors (Lipinski definition) is 4. The summed E-state index contributed by atoms with van der Waals surface area (Å²) in [4.78, 5) is 16.7. The molecule has 0 aliphatic carbocycles. The van der Waals surface area contributed by atoms with Gasteiger partial charge in [-0.05, 0) is 50.2 Å². The number of fused-ring (bicyclic) bond motifs is 2. The largest absolute Gasteiger partial charge is 0.462 e. The van der Waals surface area contributed by atoms with Crippen molar-refractivity contribution in [2.24, 2.45) is 0 Å². The zero-order valence-electron chi connectivity index (χ0n) is 14.1. The Morgan fingerprint density at radius 2 is 1.92 bits per heavy atom. The Morgan fingerprint density at radius 1 is 1.12 bits per heavy atom. The summed E-state index contributed by atoms with van der Waals surface area (Å²) in [6.45, 7) is 4.12. The summed E-state index contributed by atoms with van der Waals surface area (Å²) in [5, 5.41) is 6.50. The van der Waals surface area contributed by atoms with E-state index < -0.39 is 0 Å². The molecule has 0 aliphatic rings. The SMILES string of the molecule is CCOC(=O)c1ccc2nc3c(cc2c1)c(C)nn3-c1ccccc1. The number of rotatable bonds is 3. The van der Waals surface area contributed by atoms with Gasteiger partial charge in [0.1, 0.15) is 0 Å². The van der Waals surface area contributed by atoms with Crippen molar-refractivity contribution in [2.75, 3.05) is 6.61 Å². The highest BCUT2D eigenvalue weighted by Crippen LogP contribution is 2.25. The van der Waals surface area contributed by atoms with Crippen LogP contribution in [0.5, 0.6) is 0 Å². The van der Waals surface area contributed by atoms with Crippen molar-refractivity contribution < 1.29 is 9.53 Å². The Balaban J connectivity index is 1.91. The number of pyridine rings is 1. The van der Waals surface area contributed by atoms with E-state index in [1.165, 1.54) is 0 Å². The molecule has 2 aromatic carbocycles. The number of esters is 1. The second kappa shape index (κ2) is 6.02. The molecule has 5 nitrogen and oxygen atoms in total. The van der Waals surface area contributed by atoms with E-state index in [2.05, 4.69) is 5.10 Å². The van der Waals surface area contributed by atoms with Gasteiger partial charge in [0.05, 0.1) is 29.1 Å². The lowest BCUT2D eigenvalue weighted by Crippen LogP contribution is -2.04. The van der Waals surface area contributed by atoms with Crippen molar-refractivity contribution >= 4 is 27.9 Å². The second-order valence-corrected chi connectivity index (χ2v) is 5.82. The summed E-state index contributed by atoms with van der Waals surface area (Å²) in [6, 6.07) is 17.4. The van der Waals surface area contributed by atoms with Crippen molar-refractivity contribution in [3.05, 3.63) is 65.9 Å². The number of hydrogen-bond donors (Lipinski definition) is 0. The normalized spacial score (nSPS) is 11.1. The van der Waals surface area contributed by atoms with Crippen LogP contribution in [0.3, 0.4) is 0 Å². The Morgan fingerprint density at radius 3 is 2.68 bits per heavy atom. The number of benzene rings is 2. The predicted molar refractivity (Wildman–Crippen MR) is 97.1 cm³/mol. The lowest BCUT2D eigenvalue weighted by atomic mass is 10.1. The quantitative estimate of drug-likeness (QED) is 0.531. The first-order valence-corrected chi connectivity index (χ1v) is 8.20. The summed E-state index contributed by atoms with van der Waals surface area (Å²) in [7, 11) is 0. The van der Waals surface area contributed by atoms with Crippen LogP contribution in [0.15, 0.2) is 54.6 Å². The van der Waals surface area contributed by atoms with Gasteiger partial charge in [-0.25, -0.2) is 14.5 Å². The van der Waals surface area contributed by atoms with Crippen LogP contribution in [0.25, 0.3) is 27.6 Å². The third-order valence-electron chi connectivity index (χ3n) is 4.15. The molecular weight excluding hydrogens is 314 g/mol. The zero-order chi connectivity index (χ0) is 17.4. The van der Waals surface area contributed by atoms with Gasteiger partial charge >= 0.3 is 5.97 Å². The maximum atomic E-state index is 11.9. The third-order valence-corrected chi connectivity index (χ3v) is 4.15. The maximum absolute atomic E-state index is 11.9. The molecule has 4 aromatic rings. The summed E-state index contributed by atoms with van der Waals surface area (Å²) >= 11 is 0. The van der Waals surface area contributed by atoms with Gasteiger partial charge in [0.25, 0.3) is 0 Å². The topological polar surface area (TPSA) is 57.0 Å². The molecule has 0 saturated heterocycles. The molecule has 0 radical (unpaired) electrons. The van der Waals surface area contributed by atoms with E-state index in [0.717, 1.165) is 33.3 Å². The average Bonchev–Trinajstić information content (AvgIpc) is 2.96. The highest BCUT2D eigenvalue weighted by Gasteiger charge is 2.13. The fraction of sp³-hybridized carbons (Fsp3) is 0.150. The molecule has 4 rings (SSSR count). The van der Waals surface area contributed by atoms with E-state index in [0.29, 0.717) is 12.2 Å². The van der Waals surface area contributed by atoms with Crippen LogP contribution >= 0.6 is 0 Å². The second-order valence-electron chi connectivity index (χ2n) is 5.82. The van der Waals surface area contributed by atoms with E-state index in [1.54, 1.807) is 13.0 Å². The predicted octanol–water partition coefficient (Wildman–Crippen LogP) is 4.06. The van der Waals surface area contributed by atoms with E-state index in [4.69, 9.17) is 9.72 Å². The molecule has 0 atom stereocenters. The van der Waals surface area contributed by atoms with E-state index in [1.807, 2.05) is 60.1 Å². The van der Waals surface area contributed by atoms with Crippen LogP contribution in [0.1, 0.15) is 23.0 Å². The summed E-state index contributed by atoms with van der Waals surface area (Å²) in [6.07, 6.45) is 0. The number of carbonyl (C=O) groups excluding carboxylic acids is 1. The van der Waals surface area contributed by atoms with Gasteiger partial charge in [0.2, 0.25) is 0 Å². The van der Waals surface area contributed by atoms with Gasteiger partial charge in [-0.15, -0.1) is 0 Å². The number of nitrogens with zero attached hydrogens (tertiary/aromatic N) is 3. The standard InChI is InChI=1S/C20H17N3O2/c1-3-25-20(24)14-9-10-18-15(11-14)12-17-13(2)22-23(19(17)21-18)16-7-5-4-6-8-16/h4-12H,3H2,1-2H3. The molecule has 0 N–H and O–H groups in total. The Hall–Kier alpha value is -3.21. The monoisotopic (exact) mass is 331 g/mol. The Labute approximate surface area is 144 Å². The smallest absolute Gasteiger partial charge is 0.338 e. The van der Waals surface area contributed by atoms with Crippen LogP contribution in [0.4, 0.5) is 0 Å². The number of aryl methyl sites for hydroxylation is 1. The van der Waals surface area contributed by atoms with E-state index in [-0.39, 0.29) is 5.97 Å². The molecule has 0 aliphatic heterocycles. The van der Waals surface area contributed by atoms with Gasteiger partial charge in [-0.1, -0.05) is 18.2 Å². The minimum Gasteiger partial charge on any atom is -0.462 e. The number of ether oxygens (including phenoxy) is 1. The van der Waals surface area contributed by atoms with E-state index >= 15 is 0 Å². The molecular formula is C20H17N3O2. The molecule has 2 heterocycles. The molecule has 0 saturated carbocycles. The fourth-order valence-corrected chi connectivity index (χ4v) is 2.94. The van der Waals surface area contributed by atoms with Crippen LogP contribution < -0.4 is 0 Å². The minimum atomic E-state index is -0.318. The molecule has 5 heteroatoms. The Kier molecular flexibility index (Phi) is 3.69. The van der Waals surface area contributed by atoms with E-state index in [9.17, 15) is 4.79 Å². The van der Waals surface area contributed by atoms with Gasteiger partial charge < -0.3 is 4.74 Å². The van der Waals surface area contributed by atoms with Gasteiger partial charge in [-0.2, -0.15) is 5.10 Å². The van der Waals surface area contributed by atoms with Crippen molar-refractivity contribution in [1.82, 2.24) is 14.8 Å². The molecule has 25 heavy (non-hydrogen) atoms.